The van der Waals surface area contributed by atoms with Crippen LogP contribution in [0.5, 0.6) is 0 Å². The molecule has 0 aromatic carbocycles. The van der Waals surface area contributed by atoms with Gasteiger partial charge in [0.25, 0.3) is 0 Å². The fourth-order valence-electron chi connectivity index (χ4n) is 1.19. The Morgan fingerprint density at radius 2 is 1.92 bits per heavy atom. The monoisotopic (exact) mass is 176 g/mol. The van der Waals surface area contributed by atoms with Crippen LogP contribution in [0.25, 0.3) is 0 Å². The average molecular weight is 176 g/mol. The van der Waals surface area contributed by atoms with E-state index in [9.17, 15) is 0 Å². The molecule has 1 rings (SSSR count). The van der Waals surface area contributed by atoms with Crippen molar-refractivity contribution < 1.29 is 4.74 Å². The standard InChI is InChI=1S/C12H16O/c1-11-8-6-4-3-5-7-9-12(10-11)13-2/h6-10H,1,3-5H2,2H3/b8-6-,9-7-,12-10?. The number of hydrogen-bond donors (Lipinski definition) is 0. The molecule has 1 heteroatoms. The van der Waals surface area contributed by atoms with Crippen LogP contribution in [-0.2, 0) is 4.74 Å². The van der Waals surface area contributed by atoms with Gasteiger partial charge in [-0.05, 0) is 37.0 Å². The van der Waals surface area contributed by atoms with Crippen molar-refractivity contribution in [2.24, 2.45) is 0 Å². The minimum atomic E-state index is 0.872. The van der Waals surface area contributed by atoms with E-state index in [2.05, 4.69) is 18.7 Å². The SMILES string of the molecule is C=C1C=C(OC)/C=C\CCC/C=C\1. The summed E-state index contributed by atoms with van der Waals surface area (Å²) in [6.07, 6.45) is 13.7. The van der Waals surface area contributed by atoms with Gasteiger partial charge in [-0.3, -0.25) is 0 Å². The first-order chi connectivity index (χ1) is 6.33. The van der Waals surface area contributed by atoms with Crippen LogP contribution in [0.15, 0.2) is 48.3 Å². The molecule has 1 aliphatic carbocycles. The van der Waals surface area contributed by atoms with Crippen LogP contribution in [0.2, 0.25) is 0 Å². The Morgan fingerprint density at radius 3 is 2.62 bits per heavy atom. The highest BCUT2D eigenvalue weighted by Crippen LogP contribution is 2.09. The maximum absolute atomic E-state index is 5.17. The normalized spacial score (nSPS) is 23.2. The van der Waals surface area contributed by atoms with Gasteiger partial charge in [0.15, 0.2) is 0 Å². The molecule has 1 nitrogen and oxygen atoms in total. The fraction of sp³-hybridized carbons (Fsp3) is 0.333. The molecule has 0 aromatic heterocycles. The molecule has 0 spiro atoms. The summed E-state index contributed by atoms with van der Waals surface area (Å²) in [4.78, 5) is 0. The van der Waals surface area contributed by atoms with Gasteiger partial charge in [-0.25, -0.2) is 0 Å². The van der Waals surface area contributed by atoms with Crippen molar-refractivity contribution in [3.63, 3.8) is 0 Å². The summed E-state index contributed by atoms with van der Waals surface area (Å²) >= 11 is 0. The summed E-state index contributed by atoms with van der Waals surface area (Å²) in [7, 11) is 1.68. The Bertz CT molecular complexity index is 256. The van der Waals surface area contributed by atoms with Crippen molar-refractivity contribution in [3.05, 3.63) is 48.3 Å². The van der Waals surface area contributed by atoms with E-state index < -0.39 is 0 Å². The first-order valence-corrected chi connectivity index (χ1v) is 4.60. The van der Waals surface area contributed by atoms with Crippen LogP contribution in [0.1, 0.15) is 19.3 Å². The largest absolute Gasteiger partial charge is 0.497 e. The zero-order valence-corrected chi connectivity index (χ0v) is 8.12. The topological polar surface area (TPSA) is 9.23 Å². The van der Waals surface area contributed by atoms with Gasteiger partial charge < -0.3 is 4.74 Å². The van der Waals surface area contributed by atoms with Gasteiger partial charge in [0.05, 0.1) is 7.11 Å². The summed E-state index contributed by atoms with van der Waals surface area (Å²) in [5, 5.41) is 0. The van der Waals surface area contributed by atoms with E-state index in [1.165, 1.54) is 6.42 Å². The molecular weight excluding hydrogens is 160 g/mol. The van der Waals surface area contributed by atoms with Crippen LogP contribution in [0.4, 0.5) is 0 Å². The Balaban J connectivity index is 2.77. The van der Waals surface area contributed by atoms with Gasteiger partial charge in [-0.1, -0.05) is 24.8 Å². The molecule has 0 aromatic rings. The molecule has 0 aliphatic heterocycles. The molecule has 0 fully saturated rings. The van der Waals surface area contributed by atoms with Gasteiger partial charge in [0.1, 0.15) is 5.76 Å². The van der Waals surface area contributed by atoms with Gasteiger partial charge in [-0.2, -0.15) is 0 Å². The molecule has 13 heavy (non-hydrogen) atoms. The molecule has 0 saturated heterocycles. The van der Waals surface area contributed by atoms with E-state index >= 15 is 0 Å². The average Bonchev–Trinajstić information content (AvgIpc) is 2.15. The molecule has 0 atom stereocenters. The maximum atomic E-state index is 5.17. The molecule has 0 heterocycles. The number of ether oxygens (including phenoxy) is 1. The van der Waals surface area contributed by atoms with Gasteiger partial charge >= 0.3 is 0 Å². The van der Waals surface area contributed by atoms with E-state index in [1.807, 2.05) is 18.2 Å². The highest BCUT2D eigenvalue weighted by Gasteiger charge is 1.92. The van der Waals surface area contributed by atoms with Gasteiger partial charge in [-0.15, -0.1) is 0 Å². The van der Waals surface area contributed by atoms with Crippen molar-refractivity contribution >= 4 is 0 Å². The molecule has 0 amide bonds. The zero-order chi connectivity index (χ0) is 9.52. The van der Waals surface area contributed by atoms with Crippen molar-refractivity contribution in [2.75, 3.05) is 7.11 Å². The highest BCUT2D eigenvalue weighted by atomic mass is 16.5. The summed E-state index contributed by atoms with van der Waals surface area (Å²) in [6, 6.07) is 0. The molecule has 0 radical (unpaired) electrons. The first kappa shape index (κ1) is 9.85. The second kappa shape index (κ2) is 5.41. The third-order valence-corrected chi connectivity index (χ3v) is 1.92. The van der Waals surface area contributed by atoms with Crippen molar-refractivity contribution in [2.45, 2.75) is 19.3 Å². The van der Waals surface area contributed by atoms with Crippen molar-refractivity contribution in [1.29, 1.82) is 0 Å². The number of methoxy groups -OCH3 is 1. The number of allylic oxidation sites excluding steroid dienone is 6. The zero-order valence-electron chi connectivity index (χ0n) is 8.12. The first-order valence-electron chi connectivity index (χ1n) is 4.60. The predicted octanol–water partition coefficient (Wildman–Crippen LogP) is 3.37. The summed E-state index contributed by atoms with van der Waals surface area (Å²) in [5.41, 5.74) is 0.989. The van der Waals surface area contributed by atoms with E-state index in [4.69, 9.17) is 4.74 Å². The highest BCUT2D eigenvalue weighted by molar-refractivity contribution is 5.32. The molecule has 70 valence electrons. The summed E-state index contributed by atoms with van der Waals surface area (Å²) in [5.74, 6) is 0.872. The third kappa shape index (κ3) is 3.79. The summed E-state index contributed by atoms with van der Waals surface area (Å²) in [6.45, 7) is 3.91. The van der Waals surface area contributed by atoms with Crippen LogP contribution in [0, 0.1) is 0 Å². The Morgan fingerprint density at radius 1 is 1.23 bits per heavy atom. The quantitative estimate of drug-likeness (QED) is 0.595. The Labute approximate surface area is 80.1 Å². The fourth-order valence-corrected chi connectivity index (χ4v) is 1.19. The van der Waals surface area contributed by atoms with Crippen molar-refractivity contribution in [1.82, 2.24) is 0 Å². The second-order valence-electron chi connectivity index (χ2n) is 3.06. The molecular formula is C12H16O. The third-order valence-electron chi connectivity index (χ3n) is 1.92. The molecule has 0 bridgehead atoms. The Hall–Kier alpha value is -1.24. The number of hydrogen-bond acceptors (Lipinski definition) is 1. The van der Waals surface area contributed by atoms with E-state index in [1.54, 1.807) is 7.11 Å². The smallest absolute Gasteiger partial charge is 0.119 e. The molecule has 0 unspecified atom stereocenters. The van der Waals surface area contributed by atoms with Crippen LogP contribution in [-0.4, -0.2) is 7.11 Å². The second-order valence-corrected chi connectivity index (χ2v) is 3.06. The molecule has 0 saturated carbocycles. The lowest BCUT2D eigenvalue weighted by Gasteiger charge is -2.02. The molecule has 0 N–H and O–H groups in total. The lowest BCUT2D eigenvalue weighted by molar-refractivity contribution is 0.306. The number of rotatable bonds is 1. The minimum Gasteiger partial charge on any atom is -0.497 e. The summed E-state index contributed by atoms with van der Waals surface area (Å²) < 4.78 is 5.17. The minimum absolute atomic E-state index is 0.872. The van der Waals surface area contributed by atoms with Crippen LogP contribution < -0.4 is 0 Å². The van der Waals surface area contributed by atoms with E-state index in [-0.39, 0.29) is 0 Å². The predicted molar refractivity (Wildman–Crippen MR) is 56.4 cm³/mol. The lowest BCUT2D eigenvalue weighted by Crippen LogP contribution is -1.84. The van der Waals surface area contributed by atoms with Gasteiger partial charge in [0, 0.05) is 0 Å². The maximum Gasteiger partial charge on any atom is 0.119 e. The van der Waals surface area contributed by atoms with Crippen molar-refractivity contribution in [3.8, 4) is 0 Å². The van der Waals surface area contributed by atoms with Crippen LogP contribution in [0.3, 0.4) is 0 Å². The Kier molecular flexibility index (Phi) is 4.10. The van der Waals surface area contributed by atoms with Crippen LogP contribution >= 0.6 is 0 Å². The van der Waals surface area contributed by atoms with E-state index in [0.717, 1.165) is 24.2 Å². The van der Waals surface area contributed by atoms with E-state index in [0.29, 0.717) is 0 Å². The van der Waals surface area contributed by atoms with Gasteiger partial charge in [0.2, 0.25) is 0 Å². The lowest BCUT2D eigenvalue weighted by atomic mass is 10.1. The molecule has 1 aliphatic rings.